The Kier molecular flexibility index (Phi) is 5.96. The van der Waals surface area contributed by atoms with Crippen LogP contribution in [0, 0.1) is 5.41 Å². The number of fused-ring (bicyclic) bond motifs is 1. The van der Waals surface area contributed by atoms with Crippen molar-refractivity contribution in [2.45, 2.75) is 51.0 Å². The van der Waals surface area contributed by atoms with Gasteiger partial charge in [0.1, 0.15) is 12.1 Å². The Bertz CT molecular complexity index is 1080. The molecule has 2 aliphatic rings. The first-order valence-corrected chi connectivity index (χ1v) is 12.0. The number of nitrogens with one attached hydrogen (secondary N) is 1. The molecule has 0 spiro atoms. The molecule has 0 amide bonds. The maximum absolute atomic E-state index is 11.8. The van der Waals surface area contributed by atoms with Crippen LogP contribution in [0.1, 0.15) is 51.0 Å². The number of carbonyl (C=O) groups is 1. The van der Waals surface area contributed by atoms with E-state index in [-0.39, 0.29) is 5.41 Å². The fraction of sp³-hybridized carbons (Fsp3) is 0.500. The molecule has 1 aromatic carbocycles. The lowest BCUT2D eigenvalue weighted by atomic mass is 9.75. The van der Waals surface area contributed by atoms with Gasteiger partial charge in [-0.1, -0.05) is 31.4 Å². The number of nitrogens with zero attached hydrogens (tertiary/aromatic N) is 4. The second kappa shape index (κ2) is 9.02. The summed E-state index contributed by atoms with van der Waals surface area (Å²) in [6, 6.07) is 9.08. The van der Waals surface area contributed by atoms with Crippen molar-refractivity contribution < 1.29 is 4.79 Å². The summed E-state index contributed by atoms with van der Waals surface area (Å²) < 4.78 is 2.15. The summed E-state index contributed by atoms with van der Waals surface area (Å²) >= 11 is 0. The smallest absolute Gasteiger partial charge is 0.127 e. The molecule has 0 radical (unpaired) electrons. The van der Waals surface area contributed by atoms with E-state index in [2.05, 4.69) is 62.5 Å². The third-order valence-electron chi connectivity index (χ3n) is 7.44. The number of aldehydes is 1. The Hall–Kier alpha value is -2.73. The molecule has 1 aliphatic carbocycles. The van der Waals surface area contributed by atoms with Gasteiger partial charge in [-0.3, -0.25) is 4.68 Å². The van der Waals surface area contributed by atoms with E-state index in [0.717, 1.165) is 73.8 Å². The zero-order valence-corrected chi connectivity index (χ0v) is 19.0. The lowest BCUT2D eigenvalue weighted by molar-refractivity contribution is -0.117. The molecule has 32 heavy (non-hydrogen) atoms. The second-order valence-corrected chi connectivity index (χ2v) is 9.77. The normalized spacial score (nSPS) is 19.8. The Morgan fingerprint density at radius 2 is 1.88 bits per heavy atom. The van der Waals surface area contributed by atoms with Crippen molar-refractivity contribution in [1.82, 2.24) is 19.7 Å². The zero-order chi connectivity index (χ0) is 22.0. The minimum Gasteiger partial charge on any atom is -0.369 e. The Balaban J connectivity index is 1.33. The molecule has 3 aromatic rings. The lowest BCUT2D eigenvalue weighted by Gasteiger charge is -2.32. The number of hydrogen-bond acceptors (Lipinski definition) is 5. The van der Waals surface area contributed by atoms with E-state index in [1.807, 2.05) is 12.4 Å². The van der Waals surface area contributed by atoms with E-state index in [4.69, 9.17) is 0 Å². The Morgan fingerprint density at radius 1 is 1.06 bits per heavy atom. The van der Waals surface area contributed by atoms with Crippen LogP contribution in [-0.4, -0.2) is 52.6 Å². The van der Waals surface area contributed by atoms with Crippen molar-refractivity contribution in [3.05, 3.63) is 42.9 Å². The lowest BCUT2D eigenvalue weighted by Crippen LogP contribution is -2.33. The summed E-state index contributed by atoms with van der Waals surface area (Å²) in [7, 11) is 2.19. The molecule has 1 saturated heterocycles. The first kappa shape index (κ1) is 21.1. The summed E-state index contributed by atoms with van der Waals surface area (Å²) in [6.07, 6.45) is 15.0. The highest BCUT2D eigenvalue weighted by Gasteiger charge is 2.31. The average molecular weight is 432 g/mol. The van der Waals surface area contributed by atoms with Crippen molar-refractivity contribution in [2.75, 3.05) is 32.0 Å². The van der Waals surface area contributed by atoms with Crippen LogP contribution in [-0.2, 0) is 4.79 Å². The van der Waals surface area contributed by atoms with Gasteiger partial charge in [0, 0.05) is 35.3 Å². The number of piperidine rings is 1. The number of rotatable bonds is 6. The van der Waals surface area contributed by atoms with Crippen LogP contribution in [0.15, 0.2) is 42.9 Å². The van der Waals surface area contributed by atoms with Crippen LogP contribution in [0.25, 0.3) is 21.9 Å². The molecule has 168 valence electrons. The predicted molar refractivity (Wildman–Crippen MR) is 129 cm³/mol. The molecule has 0 atom stereocenters. The molecule has 5 rings (SSSR count). The summed E-state index contributed by atoms with van der Waals surface area (Å²) in [4.78, 5) is 18.7. The van der Waals surface area contributed by atoms with Crippen LogP contribution in [0.3, 0.4) is 0 Å². The SMILES string of the molecule is CN1CCC(n2cc(-c3ccc4cnc(NCC5(C=O)CCCCC5)cc4c3)cn2)CC1. The van der Waals surface area contributed by atoms with Gasteiger partial charge in [0.05, 0.1) is 12.2 Å². The summed E-state index contributed by atoms with van der Waals surface area (Å²) in [5.41, 5.74) is 2.09. The predicted octanol–water partition coefficient (Wildman–Crippen LogP) is 4.93. The van der Waals surface area contributed by atoms with E-state index in [9.17, 15) is 4.79 Å². The number of likely N-dealkylation sites (tertiary alicyclic amines) is 1. The minimum atomic E-state index is -0.237. The zero-order valence-electron chi connectivity index (χ0n) is 19.0. The standard InChI is InChI=1S/C26H33N5O/c1-30-11-7-24(8-12-30)31-17-23(16-29-31)20-5-6-21-15-27-25(14-22(21)13-20)28-18-26(19-32)9-3-2-4-10-26/h5-6,13-17,19,24H,2-4,7-12,18H2,1H3,(H,27,28). The highest BCUT2D eigenvalue weighted by molar-refractivity contribution is 5.88. The fourth-order valence-corrected chi connectivity index (χ4v) is 5.22. The highest BCUT2D eigenvalue weighted by Crippen LogP contribution is 2.35. The maximum Gasteiger partial charge on any atom is 0.127 e. The molecule has 1 aliphatic heterocycles. The van der Waals surface area contributed by atoms with E-state index < -0.39 is 0 Å². The first-order valence-electron chi connectivity index (χ1n) is 12.0. The number of anilines is 1. The van der Waals surface area contributed by atoms with Gasteiger partial charge in [-0.15, -0.1) is 0 Å². The van der Waals surface area contributed by atoms with Crippen molar-refractivity contribution in [3.8, 4) is 11.1 Å². The second-order valence-electron chi connectivity index (χ2n) is 9.77. The van der Waals surface area contributed by atoms with Crippen molar-refractivity contribution in [3.63, 3.8) is 0 Å². The topological polar surface area (TPSA) is 63.1 Å². The highest BCUT2D eigenvalue weighted by atomic mass is 16.1. The average Bonchev–Trinajstić information content (AvgIpc) is 3.34. The van der Waals surface area contributed by atoms with E-state index in [1.165, 1.54) is 18.3 Å². The van der Waals surface area contributed by atoms with E-state index in [0.29, 0.717) is 12.6 Å². The van der Waals surface area contributed by atoms with Gasteiger partial charge in [-0.25, -0.2) is 4.98 Å². The van der Waals surface area contributed by atoms with E-state index >= 15 is 0 Å². The van der Waals surface area contributed by atoms with Gasteiger partial charge < -0.3 is 15.0 Å². The largest absolute Gasteiger partial charge is 0.369 e. The molecule has 3 heterocycles. The quantitative estimate of drug-likeness (QED) is 0.561. The van der Waals surface area contributed by atoms with Gasteiger partial charge in [0.15, 0.2) is 0 Å². The number of pyridine rings is 1. The molecule has 0 unspecified atom stereocenters. The summed E-state index contributed by atoms with van der Waals surface area (Å²) in [5.74, 6) is 0.837. The van der Waals surface area contributed by atoms with Crippen LogP contribution < -0.4 is 5.32 Å². The molecule has 6 nitrogen and oxygen atoms in total. The Labute approximate surface area is 190 Å². The molecule has 2 fully saturated rings. The van der Waals surface area contributed by atoms with Crippen molar-refractivity contribution in [2.24, 2.45) is 5.41 Å². The number of hydrogen-bond donors (Lipinski definition) is 1. The van der Waals surface area contributed by atoms with Crippen molar-refractivity contribution >= 4 is 22.9 Å². The minimum absolute atomic E-state index is 0.237. The van der Waals surface area contributed by atoms with Crippen LogP contribution in [0.4, 0.5) is 5.82 Å². The first-order chi connectivity index (χ1) is 15.6. The van der Waals surface area contributed by atoms with Gasteiger partial charge in [0.25, 0.3) is 0 Å². The summed E-state index contributed by atoms with van der Waals surface area (Å²) in [5, 5.41) is 10.4. The van der Waals surface area contributed by atoms with Gasteiger partial charge >= 0.3 is 0 Å². The van der Waals surface area contributed by atoms with Crippen molar-refractivity contribution in [1.29, 1.82) is 0 Å². The third kappa shape index (κ3) is 4.42. The molecule has 2 aromatic heterocycles. The molecular weight excluding hydrogens is 398 g/mol. The third-order valence-corrected chi connectivity index (χ3v) is 7.44. The van der Waals surface area contributed by atoms with Gasteiger partial charge in [-0.2, -0.15) is 5.10 Å². The summed E-state index contributed by atoms with van der Waals surface area (Å²) in [6.45, 7) is 2.92. The number of aromatic nitrogens is 3. The molecule has 1 saturated carbocycles. The molecular formula is C26H33N5O. The maximum atomic E-state index is 11.8. The van der Waals surface area contributed by atoms with Gasteiger partial charge in [-0.05, 0) is 68.9 Å². The monoisotopic (exact) mass is 431 g/mol. The van der Waals surface area contributed by atoms with Gasteiger partial charge in [0.2, 0.25) is 0 Å². The fourth-order valence-electron chi connectivity index (χ4n) is 5.22. The molecule has 0 bridgehead atoms. The number of benzene rings is 1. The van der Waals surface area contributed by atoms with Crippen LogP contribution in [0.2, 0.25) is 0 Å². The molecule has 1 N–H and O–H groups in total. The van der Waals surface area contributed by atoms with Crippen LogP contribution >= 0.6 is 0 Å². The molecule has 6 heteroatoms. The Morgan fingerprint density at radius 3 is 2.66 bits per heavy atom. The number of carbonyl (C=O) groups excluding carboxylic acids is 1. The van der Waals surface area contributed by atoms with Crippen LogP contribution in [0.5, 0.6) is 0 Å². The van der Waals surface area contributed by atoms with E-state index in [1.54, 1.807) is 0 Å².